The van der Waals surface area contributed by atoms with E-state index in [-0.39, 0.29) is 30.3 Å². The zero-order valence-electron chi connectivity index (χ0n) is 16.2. The summed E-state index contributed by atoms with van der Waals surface area (Å²) in [5, 5.41) is 12.7. The van der Waals surface area contributed by atoms with Crippen LogP contribution >= 0.6 is 0 Å². The molecule has 0 saturated carbocycles. The van der Waals surface area contributed by atoms with Crippen molar-refractivity contribution < 1.29 is 14.7 Å². The van der Waals surface area contributed by atoms with E-state index in [1.54, 1.807) is 18.3 Å². The molecule has 0 radical (unpaired) electrons. The first kappa shape index (κ1) is 19.1. The summed E-state index contributed by atoms with van der Waals surface area (Å²) in [6.45, 7) is 4.07. The molecule has 150 valence electrons. The van der Waals surface area contributed by atoms with Crippen LogP contribution in [0.25, 0.3) is 22.3 Å². The third-order valence-electron chi connectivity index (χ3n) is 5.42. The van der Waals surface area contributed by atoms with Gasteiger partial charge in [0.2, 0.25) is 5.91 Å². The van der Waals surface area contributed by atoms with Crippen LogP contribution in [0.4, 0.5) is 5.69 Å². The molecule has 1 saturated heterocycles. The molecule has 0 aliphatic carbocycles. The summed E-state index contributed by atoms with van der Waals surface area (Å²) in [5.74, 6) is -0.774. The van der Waals surface area contributed by atoms with E-state index in [0.29, 0.717) is 5.69 Å². The van der Waals surface area contributed by atoms with Crippen molar-refractivity contribution in [3.8, 4) is 11.3 Å². The van der Waals surface area contributed by atoms with Gasteiger partial charge >= 0.3 is 5.97 Å². The fourth-order valence-corrected chi connectivity index (χ4v) is 3.51. The molecular weight excluding hydrogens is 370 g/mol. The Morgan fingerprint density at radius 2 is 1.90 bits per heavy atom. The molecule has 1 fully saturated rings. The van der Waals surface area contributed by atoms with Crippen LogP contribution in [0, 0.1) is 5.92 Å². The van der Waals surface area contributed by atoms with E-state index in [1.807, 2.05) is 38.1 Å². The van der Waals surface area contributed by atoms with Crippen molar-refractivity contribution in [1.29, 1.82) is 0 Å². The first-order valence-electron chi connectivity index (χ1n) is 9.52. The summed E-state index contributed by atoms with van der Waals surface area (Å²) in [6.07, 6.45) is 1.63. The summed E-state index contributed by atoms with van der Waals surface area (Å²) in [4.78, 5) is 31.0. The number of hydrazine groups is 1. The van der Waals surface area contributed by atoms with Gasteiger partial charge in [-0.15, -0.1) is 0 Å². The van der Waals surface area contributed by atoms with Crippen LogP contribution in [0.2, 0.25) is 0 Å². The predicted octanol–water partition coefficient (Wildman–Crippen LogP) is 2.30. The number of nitrogens with zero attached hydrogens (tertiary/aromatic N) is 1. The molecule has 3 aromatic rings. The average molecular weight is 393 g/mol. The Balaban J connectivity index is 1.52. The van der Waals surface area contributed by atoms with Crippen LogP contribution in [0.1, 0.15) is 19.4 Å². The van der Waals surface area contributed by atoms with Gasteiger partial charge in [-0.25, -0.2) is 10.4 Å². The second kappa shape index (κ2) is 7.65. The largest absolute Gasteiger partial charge is 0.481 e. The van der Waals surface area contributed by atoms with Gasteiger partial charge in [0.15, 0.2) is 0 Å². The number of carbonyl (C=O) groups is 2. The van der Waals surface area contributed by atoms with Crippen LogP contribution in [-0.4, -0.2) is 39.0 Å². The number of carboxylic acid groups (broad SMARTS) is 1. The fourth-order valence-electron chi connectivity index (χ4n) is 3.51. The van der Waals surface area contributed by atoms with Crippen molar-refractivity contribution in [3.05, 3.63) is 48.2 Å². The molecule has 1 amide bonds. The highest BCUT2D eigenvalue weighted by Crippen LogP contribution is 2.25. The van der Waals surface area contributed by atoms with E-state index < -0.39 is 5.97 Å². The Morgan fingerprint density at radius 1 is 1.14 bits per heavy atom. The Labute approximate surface area is 167 Å². The number of hydrogen-bond donors (Lipinski definition) is 5. The lowest BCUT2D eigenvalue weighted by Crippen LogP contribution is -2.41. The first-order chi connectivity index (χ1) is 13.9. The normalized spacial score (nSPS) is 21.4. The van der Waals surface area contributed by atoms with Crippen molar-refractivity contribution in [2.45, 2.75) is 32.4 Å². The molecule has 8 heteroatoms. The summed E-state index contributed by atoms with van der Waals surface area (Å²) in [5.41, 5.74) is 10.0. The number of amides is 1. The number of aromatic amines is 1. The number of rotatable bonds is 5. The molecule has 1 aromatic carbocycles. The van der Waals surface area contributed by atoms with Gasteiger partial charge in [0.1, 0.15) is 11.7 Å². The lowest BCUT2D eigenvalue weighted by atomic mass is 9.97. The van der Waals surface area contributed by atoms with Crippen molar-refractivity contribution in [2.75, 3.05) is 5.32 Å². The van der Waals surface area contributed by atoms with Crippen molar-refractivity contribution in [1.82, 2.24) is 20.8 Å². The van der Waals surface area contributed by atoms with Gasteiger partial charge in [-0.05, 0) is 36.1 Å². The van der Waals surface area contributed by atoms with Gasteiger partial charge in [0, 0.05) is 17.1 Å². The monoisotopic (exact) mass is 393 g/mol. The molecule has 2 aromatic heterocycles. The average Bonchev–Trinajstić information content (AvgIpc) is 3.25. The lowest BCUT2D eigenvalue weighted by Gasteiger charge is -2.15. The number of benzene rings is 1. The summed E-state index contributed by atoms with van der Waals surface area (Å²) in [7, 11) is 0. The maximum Gasteiger partial charge on any atom is 0.307 e. The quantitative estimate of drug-likeness (QED) is 0.454. The van der Waals surface area contributed by atoms with E-state index in [9.17, 15) is 9.59 Å². The maximum absolute atomic E-state index is 12.6. The van der Waals surface area contributed by atoms with Gasteiger partial charge in [0.05, 0.1) is 18.3 Å². The van der Waals surface area contributed by atoms with Crippen LogP contribution in [0.15, 0.2) is 42.6 Å². The topological polar surface area (TPSA) is 119 Å². The molecule has 3 unspecified atom stereocenters. The van der Waals surface area contributed by atoms with Crippen LogP contribution < -0.4 is 16.2 Å². The minimum Gasteiger partial charge on any atom is -0.481 e. The number of aliphatic carboxylic acids is 1. The number of carboxylic acids is 1. The molecule has 8 nitrogen and oxygen atoms in total. The summed E-state index contributed by atoms with van der Waals surface area (Å²) >= 11 is 0. The van der Waals surface area contributed by atoms with E-state index in [2.05, 4.69) is 26.1 Å². The number of anilines is 1. The van der Waals surface area contributed by atoms with E-state index in [1.165, 1.54) is 0 Å². The van der Waals surface area contributed by atoms with Crippen LogP contribution in [-0.2, 0) is 16.0 Å². The minimum absolute atomic E-state index is 0.000359. The van der Waals surface area contributed by atoms with Crippen molar-refractivity contribution in [2.24, 2.45) is 5.92 Å². The Hall–Kier alpha value is -3.23. The third-order valence-corrected chi connectivity index (χ3v) is 5.42. The minimum atomic E-state index is -0.852. The maximum atomic E-state index is 12.6. The van der Waals surface area contributed by atoms with E-state index >= 15 is 0 Å². The van der Waals surface area contributed by atoms with Crippen molar-refractivity contribution in [3.63, 3.8) is 0 Å². The summed E-state index contributed by atoms with van der Waals surface area (Å²) < 4.78 is 0. The van der Waals surface area contributed by atoms with Crippen molar-refractivity contribution >= 4 is 28.6 Å². The highest BCUT2D eigenvalue weighted by molar-refractivity contribution is 5.97. The van der Waals surface area contributed by atoms with Gasteiger partial charge in [-0.1, -0.05) is 31.2 Å². The Bertz CT molecular complexity index is 1060. The first-order valence-corrected chi connectivity index (χ1v) is 9.52. The Morgan fingerprint density at radius 3 is 2.55 bits per heavy atom. The molecule has 1 aliphatic rings. The smallest absolute Gasteiger partial charge is 0.307 e. The zero-order valence-corrected chi connectivity index (χ0v) is 16.2. The predicted molar refractivity (Wildman–Crippen MR) is 110 cm³/mol. The third kappa shape index (κ3) is 3.98. The number of pyridine rings is 1. The molecule has 0 bridgehead atoms. The number of aromatic nitrogens is 2. The Kier molecular flexibility index (Phi) is 5.04. The fraction of sp³-hybridized carbons (Fsp3) is 0.286. The molecule has 29 heavy (non-hydrogen) atoms. The number of hydrogen-bond acceptors (Lipinski definition) is 5. The molecule has 5 N–H and O–H groups in total. The van der Waals surface area contributed by atoms with E-state index in [4.69, 9.17) is 5.11 Å². The van der Waals surface area contributed by atoms with Gasteiger partial charge < -0.3 is 15.4 Å². The van der Waals surface area contributed by atoms with Gasteiger partial charge in [-0.2, -0.15) is 0 Å². The summed E-state index contributed by atoms with van der Waals surface area (Å²) in [6, 6.07) is 11.1. The molecule has 3 atom stereocenters. The highest BCUT2D eigenvalue weighted by atomic mass is 16.4. The zero-order chi connectivity index (χ0) is 20.5. The highest BCUT2D eigenvalue weighted by Gasteiger charge is 2.34. The molecule has 4 rings (SSSR count). The number of nitrogens with one attached hydrogen (secondary N) is 4. The lowest BCUT2D eigenvalue weighted by molar-refractivity contribution is -0.136. The number of fused-ring (bicyclic) bond motifs is 1. The molecule has 3 heterocycles. The number of H-pyrrole nitrogens is 1. The molecule has 0 spiro atoms. The SMILES string of the molecule is CC1NNC(C(=O)Nc2cnc3[nH]c(-c4ccc(CC(=O)O)cc4)cc3c2)C1C. The van der Waals surface area contributed by atoms with Gasteiger partial charge in [0.25, 0.3) is 0 Å². The molecular formula is C21H23N5O3. The second-order valence-electron chi connectivity index (χ2n) is 7.52. The second-order valence-corrected chi connectivity index (χ2v) is 7.52. The van der Waals surface area contributed by atoms with Crippen LogP contribution in [0.3, 0.4) is 0 Å². The van der Waals surface area contributed by atoms with E-state index in [0.717, 1.165) is 27.9 Å². The van der Waals surface area contributed by atoms with Gasteiger partial charge in [-0.3, -0.25) is 15.0 Å². The number of carbonyl (C=O) groups excluding carboxylic acids is 1. The van der Waals surface area contributed by atoms with Crippen LogP contribution in [0.5, 0.6) is 0 Å². The molecule has 1 aliphatic heterocycles. The standard InChI is InChI=1S/C21H23N5O3/c1-11-12(2)25-26-19(11)21(29)23-16-8-15-9-17(24-20(15)22-10-16)14-5-3-13(4-6-14)7-18(27)28/h3-6,8-12,19,25-26H,7H2,1-2H3,(H,22,24)(H,23,29)(H,27,28).